The Morgan fingerprint density at radius 3 is 2.89 bits per heavy atom. The van der Waals surface area contributed by atoms with Crippen LogP contribution in [-0.4, -0.2) is 31.8 Å². The van der Waals surface area contributed by atoms with Crippen LogP contribution < -0.4 is 15.0 Å². The van der Waals surface area contributed by atoms with Crippen LogP contribution in [0, 0.1) is 0 Å². The minimum atomic E-state index is 0.117. The van der Waals surface area contributed by atoms with E-state index < -0.39 is 0 Å². The van der Waals surface area contributed by atoms with E-state index in [2.05, 4.69) is 49.2 Å². The summed E-state index contributed by atoms with van der Waals surface area (Å²) < 4.78 is 5.79. The lowest BCUT2D eigenvalue weighted by molar-refractivity contribution is 0.321. The first-order valence-electron chi connectivity index (χ1n) is 6.84. The van der Waals surface area contributed by atoms with Gasteiger partial charge in [0.1, 0.15) is 5.75 Å². The molecule has 0 atom stereocenters. The Balaban J connectivity index is 2.17. The van der Waals surface area contributed by atoms with E-state index in [4.69, 9.17) is 4.74 Å². The van der Waals surface area contributed by atoms with Crippen molar-refractivity contribution < 1.29 is 4.74 Å². The van der Waals surface area contributed by atoms with E-state index in [0.29, 0.717) is 0 Å². The summed E-state index contributed by atoms with van der Waals surface area (Å²) in [5.41, 5.74) is 1.34. The third-order valence-electron chi connectivity index (χ3n) is 3.28. The van der Waals surface area contributed by atoms with Crippen LogP contribution in [0.5, 0.6) is 5.75 Å². The second-order valence-electron chi connectivity index (χ2n) is 5.51. The summed E-state index contributed by atoms with van der Waals surface area (Å²) in [5, 5.41) is 3.54. The molecule has 0 unspecified atom stereocenters. The molecule has 0 spiro atoms. The van der Waals surface area contributed by atoms with Gasteiger partial charge in [-0.3, -0.25) is 0 Å². The highest BCUT2D eigenvalue weighted by atomic mass is 16.5. The van der Waals surface area contributed by atoms with Gasteiger partial charge in [0.25, 0.3) is 0 Å². The monoisotopic (exact) mass is 248 g/mol. The molecule has 0 fully saturated rings. The molecule has 0 radical (unpaired) electrons. The molecular formula is C15H24N2O. The number of rotatable bonds is 4. The van der Waals surface area contributed by atoms with Crippen molar-refractivity contribution in [2.45, 2.75) is 32.7 Å². The number of hydrogen-bond acceptors (Lipinski definition) is 3. The predicted molar refractivity (Wildman–Crippen MR) is 76.5 cm³/mol. The Labute approximate surface area is 110 Å². The second kappa shape index (κ2) is 5.61. The van der Waals surface area contributed by atoms with E-state index in [1.54, 1.807) is 0 Å². The number of benzene rings is 1. The number of anilines is 1. The molecular weight excluding hydrogens is 224 g/mol. The molecule has 18 heavy (non-hydrogen) atoms. The molecule has 1 heterocycles. The van der Waals surface area contributed by atoms with Crippen molar-refractivity contribution in [1.29, 1.82) is 0 Å². The maximum absolute atomic E-state index is 5.79. The highest BCUT2D eigenvalue weighted by Gasteiger charge is 2.23. The fraction of sp³-hybridized carbons (Fsp3) is 0.600. The van der Waals surface area contributed by atoms with Crippen LogP contribution in [0.4, 0.5) is 5.69 Å². The highest BCUT2D eigenvalue weighted by Crippen LogP contribution is 2.31. The van der Waals surface area contributed by atoms with Gasteiger partial charge in [-0.1, -0.05) is 19.1 Å². The number of hydrogen-bond donors (Lipinski definition) is 1. The van der Waals surface area contributed by atoms with Gasteiger partial charge in [0, 0.05) is 18.6 Å². The molecule has 0 saturated carbocycles. The predicted octanol–water partition coefficient (Wildman–Crippen LogP) is 2.66. The van der Waals surface area contributed by atoms with E-state index in [1.165, 1.54) is 5.69 Å². The van der Waals surface area contributed by atoms with Crippen molar-refractivity contribution in [2.75, 3.05) is 31.1 Å². The molecule has 1 aliphatic rings. The van der Waals surface area contributed by atoms with Crippen molar-refractivity contribution in [1.82, 2.24) is 5.32 Å². The molecule has 0 aromatic heterocycles. The van der Waals surface area contributed by atoms with Crippen molar-refractivity contribution >= 4 is 5.69 Å². The Hall–Kier alpha value is -1.22. The molecule has 0 bridgehead atoms. The van der Waals surface area contributed by atoms with Crippen molar-refractivity contribution in [3.05, 3.63) is 24.3 Å². The summed E-state index contributed by atoms with van der Waals surface area (Å²) in [7, 11) is 0. The number of likely N-dealkylation sites (N-methyl/N-ethyl adjacent to an activating group) is 1. The first-order valence-corrected chi connectivity index (χ1v) is 6.84. The molecule has 100 valence electrons. The van der Waals surface area contributed by atoms with E-state index in [1.807, 2.05) is 6.07 Å². The van der Waals surface area contributed by atoms with Crippen LogP contribution in [0.3, 0.4) is 0 Å². The first-order chi connectivity index (χ1) is 8.62. The van der Waals surface area contributed by atoms with Gasteiger partial charge in [0.15, 0.2) is 0 Å². The Morgan fingerprint density at radius 1 is 1.33 bits per heavy atom. The Morgan fingerprint density at radius 2 is 2.11 bits per heavy atom. The summed E-state index contributed by atoms with van der Waals surface area (Å²) in [5.74, 6) is 1.02. The van der Waals surface area contributed by atoms with Gasteiger partial charge in [-0.2, -0.15) is 0 Å². The normalized spacial score (nSPS) is 15.8. The molecule has 1 aromatic rings. The van der Waals surface area contributed by atoms with Crippen molar-refractivity contribution in [3.8, 4) is 5.75 Å². The quantitative estimate of drug-likeness (QED) is 0.886. The zero-order valence-electron chi connectivity index (χ0n) is 11.7. The summed E-state index contributed by atoms with van der Waals surface area (Å²) in [6, 6.07) is 8.34. The number of ether oxygens (including phenoxy) is 1. The van der Waals surface area contributed by atoms with Crippen molar-refractivity contribution in [2.24, 2.45) is 0 Å². The first kappa shape index (κ1) is 13.2. The second-order valence-corrected chi connectivity index (χ2v) is 5.51. The standard InChI is InChI=1S/C15H24N2O/c1-4-16-15(2,3)12-17-10-7-11-18-14-9-6-5-8-13(14)17/h5-6,8-9,16H,4,7,10-12H2,1-3H3. The van der Waals surface area contributed by atoms with Crippen LogP contribution in [0.25, 0.3) is 0 Å². The zero-order valence-corrected chi connectivity index (χ0v) is 11.7. The Kier molecular flexibility index (Phi) is 4.12. The summed E-state index contributed by atoms with van der Waals surface area (Å²) in [6.45, 7) is 10.5. The van der Waals surface area contributed by atoms with E-state index in [-0.39, 0.29) is 5.54 Å². The third-order valence-corrected chi connectivity index (χ3v) is 3.28. The lowest BCUT2D eigenvalue weighted by atomic mass is 10.0. The molecule has 3 heteroatoms. The van der Waals surface area contributed by atoms with Gasteiger partial charge >= 0.3 is 0 Å². The molecule has 1 N–H and O–H groups in total. The maximum Gasteiger partial charge on any atom is 0.142 e. The summed E-state index contributed by atoms with van der Waals surface area (Å²) in [4.78, 5) is 2.44. The van der Waals surface area contributed by atoms with Crippen molar-refractivity contribution in [3.63, 3.8) is 0 Å². The Bertz CT molecular complexity index is 390. The minimum Gasteiger partial charge on any atom is -0.491 e. The lowest BCUT2D eigenvalue weighted by Gasteiger charge is -2.34. The van der Waals surface area contributed by atoms with Crippen LogP contribution in [0.15, 0.2) is 24.3 Å². The van der Waals surface area contributed by atoms with Gasteiger partial charge < -0.3 is 15.0 Å². The van der Waals surface area contributed by atoms with Crippen LogP contribution in [0.2, 0.25) is 0 Å². The number of nitrogens with zero attached hydrogens (tertiary/aromatic N) is 1. The third kappa shape index (κ3) is 3.16. The fourth-order valence-electron chi connectivity index (χ4n) is 2.57. The lowest BCUT2D eigenvalue weighted by Crippen LogP contribution is -2.49. The molecule has 2 rings (SSSR count). The molecule has 0 saturated heterocycles. The maximum atomic E-state index is 5.79. The van der Waals surface area contributed by atoms with Crippen LogP contribution in [-0.2, 0) is 0 Å². The van der Waals surface area contributed by atoms with E-state index in [9.17, 15) is 0 Å². The fourth-order valence-corrected chi connectivity index (χ4v) is 2.57. The number of nitrogens with one attached hydrogen (secondary N) is 1. The molecule has 0 amide bonds. The van der Waals surface area contributed by atoms with Gasteiger partial charge in [0.05, 0.1) is 12.3 Å². The topological polar surface area (TPSA) is 24.5 Å². The average Bonchev–Trinajstić information content (AvgIpc) is 2.52. The van der Waals surface area contributed by atoms with Crippen LogP contribution in [0.1, 0.15) is 27.2 Å². The van der Waals surface area contributed by atoms with Gasteiger partial charge in [-0.05, 0) is 38.9 Å². The summed E-state index contributed by atoms with van der Waals surface area (Å²) in [6.07, 6.45) is 1.08. The smallest absolute Gasteiger partial charge is 0.142 e. The minimum absolute atomic E-state index is 0.117. The van der Waals surface area contributed by atoms with Gasteiger partial charge in [0.2, 0.25) is 0 Å². The molecule has 1 aromatic carbocycles. The van der Waals surface area contributed by atoms with Gasteiger partial charge in [-0.15, -0.1) is 0 Å². The molecule has 0 aliphatic carbocycles. The number of para-hydroxylation sites is 2. The molecule has 1 aliphatic heterocycles. The highest BCUT2D eigenvalue weighted by molar-refractivity contribution is 5.59. The van der Waals surface area contributed by atoms with Gasteiger partial charge in [-0.25, -0.2) is 0 Å². The SMILES string of the molecule is CCNC(C)(C)CN1CCCOc2ccccc21. The number of fused-ring (bicyclic) bond motifs is 1. The summed E-state index contributed by atoms with van der Waals surface area (Å²) >= 11 is 0. The van der Waals surface area contributed by atoms with E-state index in [0.717, 1.165) is 38.4 Å². The van der Waals surface area contributed by atoms with E-state index >= 15 is 0 Å². The average molecular weight is 248 g/mol. The largest absolute Gasteiger partial charge is 0.491 e. The van der Waals surface area contributed by atoms with Crippen LogP contribution >= 0.6 is 0 Å². The molecule has 3 nitrogen and oxygen atoms in total. The zero-order chi connectivity index (χ0) is 13.0.